The van der Waals surface area contributed by atoms with Gasteiger partial charge in [0.15, 0.2) is 0 Å². The zero-order valence-electron chi connectivity index (χ0n) is 23.0. The molecule has 2 atom stereocenters. The third-order valence-electron chi connectivity index (χ3n) is 7.21. The van der Waals surface area contributed by atoms with Crippen molar-refractivity contribution in [3.8, 4) is 5.75 Å². The Bertz CT molecular complexity index is 1350. The van der Waals surface area contributed by atoms with Crippen LogP contribution in [-0.4, -0.2) is 42.8 Å². The SMILES string of the molecule is CC/N=C1/C=C2Oc3cc(NC)c(C)cc3C(c3ccc(C(=O)NCCC(C)C)cc3C(=O)O)C2C=C1C. The van der Waals surface area contributed by atoms with Crippen molar-refractivity contribution < 1.29 is 19.4 Å². The number of rotatable bonds is 8. The largest absolute Gasteiger partial charge is 0.478 e. The van der Waals surface area contributed by atoms with E-state index in [1.807, 2.05) is 40.0 Å². The number of carbonyl (C=O) groups excluding carboxylic acids is 1. The number of carboxylic acids is 1. The van der Waals surface area contributed by atoms with E-state index in [2.05, 4.69) is 41.6 Å². The van der Waals surface area contributed by atoms with Gasteiger partial charge < -0.3 is 20.5 Å². The van der Waals surface area contributed by atoms with Gasteiger partial charge in [-0.1, -0.05) is 26.0 Å². The van der Waals surface area contributed by atoms with E-state index in [1.165, 1.54) is 6.07 Å². The first-order chi connectivity index (χ1) is 18.1. The molecule has 200 valence electrons. The van der Waals surface area contributed by atoms with Gasteiger partial charge in [0.1, 0.15) is 11.5 Å². The number of amides is 1. The number of carbonyl (C=O) groups is 2. The molecule has 0 bridgehead atoms. The first-order valence-electron chi connectivity index (χ1n) is 13.2. The number of aliphatic imine (C=N–C) groups is 1. The summed E-state index contributed by atoms with van der Waals surface area (Å²) in [7, 11) is 1.86. The van der Waals surface area contributed by atoms with Crippen molar-refractivity contribution in [1.29, 1.82) is 0 Å². The Balaban J connectivity index is 1.85. The van der Waals surface area contributed by atoms with Crippen LogP contribution in [0.2, 0.25) is 0 Å². The fraction of sp³-hybridized carbons (Fsp3) is 0.387. The average Bonchev–Trinajstić information content (AvgIpc) is 2.87. The predicted octanol–water partition coefficient (Wildman–Crippen LogP) is 5.96. The van der Waals surface area contributed by atoms with Gasteiger partial charge >= 0.3 is 5.97 Å². The maximum absolute atomic E-state index is 12.8. The summed E-state index contributed by atoms with van der Waals surface area (Å²) >= 11 is 0. The summed E-state index contributed by atoms with van der Waals surface area (Å²) in [6.45, 7) is 11.4. The number of benzene rings is 2. The minimum atomic E-state index is -1.07. The number of aromatic carboxylic acids is 1. The second-order valence-electron chi connectivity index (χ2n) is 10.4. The maximum atomic E-state index is 12.8. The lowest BCUT2D eigenvalue weighted by Gasteiger charge is -2.37. The van der Waals surface area contributed by atoms with Gasteiger partial charge in [-0.3, -0.25) is 9.79 Å². The van der Waals surface area contributed by atoms with Crippen LogP contribution in [0.5, 0.6) is 5.75 Å². The fourth-order valence-electron chi connectivity index (χ4n) is 5.20. The lowest BCUT2D eigenvalue weighted by Crippen LogP contribution is -2.29. The molecule has 4 rings (SSSR count). The maximum Gasteiger partial charge on any atom is 0.336 e. The number of nitrogens with zero attached hydrogens (tertiary/aromatic N) is 1. The second-order valence-corrected chi connectivity index (χ2v) is 10.4. The zero-order chi connectivity index (χ0) is 27.6. The lowest BCUT2D eigenvalue weighted by atomic mass is 9.73. The third-order valence-corrected chi connectivity index (χ3v) is 7.21. The Morgan fingerprint density at radius 3 is 2.55 bits per heavy atom. The molecule has 38 heavy (non-hydrogen) atoms. The quantitative estimate of drug-likeness (QED) is 0.403. The van der Waals surface area contributed by atoms with Crippen LogP contribution < -0.4 is 15.4 Å². The lowest BCUT2D eigenvalue weighted by molar-refractivity contribution is 0.0695. The average molecular weight is 516 g/mol. The number of fused-ring (bicyclic) bond motifs is 2. The summed E-state index contributed by atoms with van der Waals surface area (Å²) < 4.78 is 6.42. The predicted molar refractivity (Wildman–Crippen MR) is 152 cm³/mol. The molecule has 0 spiro atoms. The minimum Gasteiger partial charge on any atom is -0.478 e. The molecule has 0 fully saturated rings. The van der Waals surface area contributed by atoms with E-state index in [9.17, 15) is 14.7 Å². The van der Waals surface area contributed by atoms with Crippen LogP contribution in [0.3, 0.4) is 0 Å². The van der Waals surface area contributed by atoms with Crippen LogP contribution in [0.15, 0.2) is 58.8 Å². The van der Waals surface area contributed by atoms with Crippen molar-refractivity contribution in [2.75, 3.05) is 25.5 Å². The van der Waals surface area contributed by atoms with Crippen LogP contribution in [-0.2, 0) is 0 Å². The fourth-order valence-corrected chi connectivity index (χ4v) is 5.20. The highest BCUT2D eigenvalue weighted by Crippen LogP contribution is 2.50. The van der Waals surface area contributed by atoms with Gasteiger partial charge in [0.25, 0.3) is 5.91 Å². The first kappa shape index (κ1) is 27.2. The van der Waals surface area contributed by atoms with Crippen molar-refractivity contribution in [3.63, 3.8) is 0 Å². The number of carboxylic acid groups (broad SMARTS) is 1. The highest BCUT2D eigenvalue weighted by Gasteiger charge is 2.39. The van der Waals surface area contributed by atoms with E-state index in [0.717, 1.165) is 40.3 Å². The molecule has 1 amide bonds. The van der Waals surface area contributed by atoms with Gasteiger partial charge in [-0.25, -0.2) is 4.79 Å². The van der Waals surface area contributed by atoms with Crippen LogP contribution in [0.25, 0.3) is 0 Å². The van der Waals surface area contributed by atoms with Crippen LogP contribution >= 0.6 is 0 Å². The summed E-state index contributed by atoms with van der Waals surface area (Å²) in [5, 5.41) is 16.4. The summed E-state index contributed by atoms with van der Waals surface area (Å²) in [5.41, 5.74) is 5.90. The van der Waals surface area contributed by atoms with Gasteiger partial charge in [-0.05, 0) is 68.0 Å². The normalized spacial score (nSPS) is 19.2. The highest BCUT2D eigenvalue weighted by atomic mass is 16.5. The molecular formula is C31H37N3O4. The van der Waals surface area contributed by atoms with E-state index >= 15 is 0 Å². The summed E-state index contributed by atoms with van der Waals surface area (Å²) in [4.78, 5) is 30.0. The molecule has 0 saturated carbocycles. The van der Waals surface area contributed by atoms with E-state index in [1.54, 1.807) is 12.1 Å². The number of allylic oxidation sites excluding steroid dienone is 3. The second kappa shape index (κ2) is 11.3. The van der Waals surface area contributed by atoms with E-state index in [4.69, 9.17) is 4.74 Å². The van der Waals surface area contributed by atoms with Gasteiger partial charge in [0, 0.05) is 60.9 Å². The summed E-state index contributed by atoms with van der Waals surface area (Å²) in [5.74, 6) is 0.0320. The first-order valence-corrected chi connectivity index (χ1v) is 13.2. The molecule has 1 heterocycles. The van der Waals surface area contributed by atoms with Crippen molar-refractivity contribution in [2.45, 2.75) is 47.0 Å². The molecule has 7 heteroatoms. The topological polar surface area (TPSA) is 100 Å². The third kappa shape index (κ3) is 5.37. The molecule has 0 saturated heterocycles. The molecule has 7 nitrogen and oxygen atoms in total. The number of aryl methyl sites for hydroxylation is 1. The van der Waals surface area contributed by atoms with Crippen molar-refractivity contribution >= 4 is 23.3 Å². The molecule has 2 aliphatic rings. The number of anilines is 1. The summed E-state index contributed by atoms with van der Waals surface area (Å²) in [6.07, 6.45) is 4.94. The standard InChI is InChI=1S/C31H37N3O4/c1-7-33-26-16-28-24(13-19(26)5)29(23-12-18(4)25(32-6)15-27(23)38-28)21-9-8-20(14-22(21)31(36)37)30(35)34-11-10-17(2)3/h8-9,12-17,24,29,32H,7,10-11H2,1-6H3,(H,34,35)(H,36,37)/b33-26-. The number of hydrogen-bond acceptors (Lipinski definition) is 5. The zero-order valence-corrected chi connectivity index (χ0v) is 23.0. The summed E-state index contributed by atoms with van der Waals surface area (Å²) in [6, 6.07) is 9.05. The molecule has 2 aromatic rings. The van der Waals surface area contributed by atoms with Crippen molar-refractivity contribution in [3.05, 3.63) is 81.6 Å². The van der Waals surface area contributed by atoms with E-state index in [-0.39, 0.29) is 23.3 Å². The molecule has 1 aliphatic heterocycles. The van der Waals surface area contributed by atoms with Crippen LogP contribution in [0.1, 0.15) is 77.4 Å². The highest BCUT2D eigenvalue weighted by molar-refractivity contribution is 6.09. The number of hydrogen-bond donors (Lipinski definition) is 3. The van der Waals surface area contributed by atoms with Crippen LogP contribution in [0, 0.1) is 18.8 Å². The van der Waals surface area contributed by atoms with E-state index < -0.39 is 5.97 Å². The Hall–Kier alpha value is -3.87. The number of nitrogens with one attached hydrogen (secondary N) is 2. The smallest absolute Gasteiger partial charge is 0.336 e. The molecule has 2 unspecified atom stereocenters. The Labute approximate surface area is 224 Å². The van der Waals surface area contributed by atoms with Crippen molar-refractivity contribution in [2.24, 2.45) is 16.8 Å². The monoisotopic (exact) mass is 515 g/mol. The van der Waals surface area contributed by atoms with Gasteiger partial charge in [-0.15, -0.1) is 0 Å². The molecule has 3 N–H and O–H groups in total. The van der Waals surface area contributed by atoms with Gasteiger partial charge in [0.05, 0.1) is 11.3 Å². The molecule has 2 aromatic carbocycles. The Kier molecular flexibility index (Phi) is 8.05. The van der Waals surface area contributed by atoms with Gasteiger partial charge in [0.2, 0.25) is 0 Å². The molecular weight excluding hydrogens is 478 g/mol. The molecule has 0 radical (unpaired) electrons. The Morgan fingerprint density at radius 1 is 1.13 bits per heavy atom. The molecule has 1 aliphatic carbocycles. The Morgan fingerprint density at radius 2 is 1.89 bits per heavy atom. The van der Waals surface area contributed by atoms with Gasteiger partial charge in [-0.2, -0.15) is 0 Å². The van der Waals surface area contributed by atoms with E-state index in [0.29, 0.717) is 35.9 Å². The minimum absolute atomic E-state index is 0.119. The van der Waals surface area contributed by atoms with Crippen molar-refractivity contribution in [1.82, 2.24) is 5.32 Å². The van der Waals surface area contributed by atoms with Crippen LogP contribution in [0.4, 0.5) is 5.69 Å². The molecule has 0 aromatic heterocycles. The number of ether oxygens (including phenoxy) is 1.